The van der Waals surface area contributed by atoms with Crippen molar-refractivity contribution in [2.24, 2.45) is 0 Å². The molecule has 0 spiro atoms. The molecule has 1 aliphatic heterocycles. The van der Waals surface area contributed by atoms with Crippen molar-refractivity contribution in [3.8, 4) is 0 Å². The van der Waals surface area contributed by atoms with Gasteiger partial charge in [-0.3, -0.25) is 0 Å². The highest BCUT2D eigenvalue weighted by atomic mass is 16.2. The number of nitrogens with one attached hydrogen (secondary N) is 1. The Kier molecular flexibility index (Phi) is 2.90. The number of likely N-dealkylation sites (tertiary alicyclic amines) is 1. The monoisotopic (exact) mass is 204 g/mol. The molecule has 3 nitrogen and oxygen atoms in total. The van der Waals surface area contributed by atoms with Crippen LogP contribution in [0.1, 0.15) is 19.8 Å². The van der Waals surface area contributed by atoms with Crippen LogP contribution in [0, 0.1) is 0 Å². The zero-order valence-corrected chi connectivity index (χ0v) is 8.94. The summed E-state index contributed by atoms with van der Waals surface area (Å²) in [6, 6.07) is 9.97. The lowest BCUT2D eigenvalue weighted by Crippen LogP contribution is -2.37. The number of carbonyl (C=O) groups excluding carboxylic acids is 1. The summed E-state index contributed by atoms with van der Waals surface area (Å²) < 4.78 is 0. The third kappa shape index (κ3) is 2.29. The number of urea groups is 1. The minimum Gasteiger partial charge on any atom is -0.322 e. The number of anilines is 1. The standard InChI is InChI=1S/C12H16N2O/c1-10-6-5-9-14(10)12(15)13-11-7-3-2-4-8-11/h2-4,7-8,10H,5-6,9H2,1H3,(H,13,15). The van der Waals surface area contributed by atoms with E-state index in [0.29, 0.717) is 6.04 Å². The van der Waals surface area contributed by atoms with E-state index in [9.17, 15) is 4.79 Å². The number of rotatable bonds is 1. The molecule has 1 fully saturated rings. The van der Waals surface area contributed by atoms with E-state index in [0.717, 1.165) is 25.1 Å². The predicted octanol–water partition coefficient (Wildman–Crippen LogP) is 2.70. The summed E-state index contributed by atoms with van der Waals surface area (Å²) in [5.41, 5.74) is 0.863. The van der Waals surface area contributed by atoms with Crippen molar-refractivity contribution in [3.05, 3.63) is 30.3 Å². The van der Waals surface area contributed by atoms with Crippen LogP contribution in [0.2, 0.25) is 0 Å². The van der Waals surface area contributed by atoms with Gasteiger partial charge in [0.25, 0.3) is 0 Å². The molecule has 1 aromatic rings. The van der Waals surface area contributed by atoms with Crippen LogP contribution in [0.25, 0.3) is 0 Å². The van der Waals surface area contributed by atoms with Crippen molar-refractivity contribution in [2.75, 3.05) is 11.9 Å². The molecule has 1 aliphatic rings. The normalized spacial score (nSPS) is 20.3. The van der Waals surface area contributed by atoms with Gasteiger partial charge < -0.3 is 10.2 Å². The molecule has 0 saturated carbocycles. The largest absolute Gasteiger partial charge is 0.322 e. The number of hydrogen-bond donors (Lipinski definition) is 1. The maximum atomic E-state index is 11.8. The van der Waals surface area contributed by atoms with Gasteiger partial charge in [-0.15, -0.1) is 0 Å². The minimum absolute atomic E-state index is 0.0196. The second kappa shape index (κ2) is 4.34. The average Bonchev–Trinajstić information content (AvgIpc) is 2.66. The van der Waals surface area contributed by atoms with Crippen molar-refractivity contribution in [1.82, 2.24) is 4.90 Å². The van der Waals surface area contributed by atoms with Gasteiger partial charge in [0.1, 0.15) is 0 Å². The lowest BCUT2D eigenvalue weighted by molar-refractivity contribution is 0.210. The van der Waals surface area contributed by atoms with Crippen LogP contribution in [-0.2, 0) is 0 Å². The summed E-state index contributed by atoms with van der Waals surface area (Å²) in [7, 11) is 0. The van der Waals surface area contributed by atoms with Crippen molar-refractivity contribution in [1.29, 1.82) is 0 Å². The molecule has 1 heterocycles. The lowest BCUT2D eigenvalue weighted by Gasteiger charge is -2.21. The molecule has 80 valence electrons. The van der Waals surface area contributed by atoms with Gasteiger partial charge in [-0.05, 0) is 31.9 Å². The zero-order valence-electron chi connectivity index (χ0n) is 8.94. The first kappa shape index (κ1) is 10.0. The summed E-state index contributed by atoms with van der Waals surface area (Å²) in [4.78, 5) is 13.7. The van der Waals surface area contributed by atoms with Gasteiger partial charge in [0.05, 0.1) is 0 Å². The Hall–Kier alpha value is -1.51. The van der Waals surface area contributed by atoms with Gasteiger partial charge in [-0.25, -0.2) is 4.79 Å². The van der Waals surface area contributed by atoms with E-state index in [2.05, 4.69) is 12.2 Å². The molecular formula is C12H16N2O. The van der Waals surface area contributed by atoms with Crippen molar-refractivity contribution < 1.29 is 4.79 Å². The first-order chi connectivity index (χ1) is 7.27. The molecule has 1 N–H and O–H groups in total. The molecule has 0 aliphatic carbocycles. The molecule has 0 bridgehead atoms. The number of para-hydroxylation sites is 1. The molecule has 3 heteroatoms. The zero-order chi connectivity index (χ0) is 10.7. The third-order valence-corrected chi connectivity index (χ3v) is 2.84. The van der Waals surface area contributed by atoms with Crippen molar-refractivity contribution >= 4 is 11.7 Å². The van der Waals surface area contributed by atoms with Crippen LogP contribution < -0.4 is 5.32 Å². The van der Waals surface area contributed by atoms with E-state index in [4.69, 9.17) is 0 Å². The quantitative estimate of drug-likeness (QED) is 0.749. The second-order valence-corrected chi connectivity index (χ2v) is 3.98. The SMILES string of the molecule is CC1CCCN1C(=O)Nc1ccccc1. The highest BCUT2D eigenvalue weighted by molar-refractivity contribution is 5.89. The Morgan fingerprint density at radius 1 is 1.40 bits per heavy atom. The summed E-state index contributed by atoms with van der Waals surface area (Å²) in [6.45, 7) is 2.97. The third-order valence-electron chi connectivity index (χ3n) is 2.84. The van der Waals surface area contributed by atoms with E-state index in [1.54, 1.807) is 0 Å². The average molecular weight is 204 g/mol. The van der Waals surface area contributed by atoms with Gasteiger partial charge in [0.15, 0.2) is 0 Å². The Morgan fingerprint density at radius 2 is 2.13 bits per heavy atom. The van der Waals surface area contributed by atoms with E-state index in [-0.39, 0.29) is 6.03 Å². The minimum atomic E-state index is 0.0196. The topological polar surface area (TPSA) is 32.3 Å². The van der Waals surface area contributed by atoms with Gasteiger partial charge in [-0.2, -0.15) is 0 Å². The molecular weight excluding hydrogens is 188 g/mol. The Balaban J connectivity index is 1.98. The van der Waals surface area contributed by atoms with E-state index in [1.165, 1.54) is 0 Å². The summed E-state index contributed by atoms with van der Waals surface area (Å²) in [5, 5.41) is 2.90. The first-order valence-electron chi connectivity index (χ1n) is 5.40. The molecule has 1 aromatic carbocycles. The number of nitrogens with zero attached hydrogens (tertiary/aromatic N) is 1. The number of amides is 2. The van der Waals surface area contributed by atoms with Gasteiger partial charge >= 0.3 is 6.03 Å². The van der Waals surface area contributed by atoms with Crippen LogP contribution in [0.15, 0.2) is 30.3 Å². The number of benzene rings is 1. The molecule has 2 amide bonds. The molecule has 0 aromatic heterocycles. The van der Waals surface area contributed by atoms with Crippen LogP contribution in [0.4, 0.5) is 10.5 Å². The second-order valence-electron chi connectivity index (χ2n) is 3.98. The van der Waals surface area contributed by atoms with E-state index >= 15 is 0 Å². The molecule has 15 heavy (non-hydrogen) atoms. The molecule has 1 unspecified atom stereocenters. The Bertz CT molecular complexity index is 337. The summed E-state index contributed by atoms with van der Waals surface area (Å²) in [6.07, 6.45) is 2.23. The highest BCUT2D eigenvalue weighted by Crippen LogP contribution is 2.17. The molecule has 1 atom stereocenters. The summed E-state index contributed by atoms with van der Waals surface area (Å²) in [5.74, 6) is 0. The van der Waals surface area contributed by atoms with Crippen LogP contribution >= 0.6 is 0 Å². The van der Waals surface area contributed by atoms with Gasteiger partial charge in [-0.1, -0.05) is 18.2 Å². The molecule has 2 rings (SSSR count). The van der Waals surface area contributed by atoms with Crippen LogP contribution in [0.5, 0.6) is 0 Å². The van der Waals surface area contributed by atoms with E-state index in [1.807, 2.05) is 35.2 Å². The lowest BCUT2D eigenvalue weighted by atomic mass is 10.2. The molecule has 1 saturated heterocycles. The van der Waals surface area contributed by atoms with E-state index < -0.39 is 0 Å². The van der Waals surface area contributed by atoms with Gasteiger partial charge in [0.2, 0.25) is 0 Å². The van der Waals surface area contributed by atoms with Crippen LogP contribution in [-0.4, -0.2) is 23.5 Å². The van der Waals surface area contributed by atoms with Crippen molar-refractivity contribution in [2.45, 2.75) is 25.8 Å². The fourth-order valence-electron chi connectivity index (χ4n) is 1.95. The predicted molar refractivity (Wildman–Crippen MR) is 60.9 cm³/mol. The summed E-state index contributed by atoms with van der Waals surface area (Å²) >= 11 is 0. The van der Waals surface area contributed by atoms with Crippen LogP contribution in [0.3, 0.4) is 0 Å². The smallest absolute Gasteiger partial charge is 0.322 e. The number of carbonyl (C=O) groups is 1. The van der Waals surface area contributed by atoms with Crippen molar-refractivity contribution in [3.63, 3.8) is 0 Å². The Labute approximate surface area is 90.1 Å². The highest BCUT2D eigenvalue weighted by Gasteiger charge is 2.24. The number of hydrogen-bond acceptors (Lipinski definition) is 1. The molecule has 0 radical (unpaired) electrons. The fourth-order valence-corrected chi connectivity index (χ4v) is 1.95. The maximum Gasteiger partial charge on any atom is 0.322 e. The fraction of sp³-hybridized carbons (Fsp3) is 0.417. The Morgan fingerprint density at radius 3 is 2.73 bits per heavy atom. The van der Waals surface area contributed by atoms with Gasteiger partial charge in [0, 0.05) is 18.3 Å². The maximum absolute atomic E-state index is 11.8. The first-order valence-corrected chi connectivity index (χ1v) is 5.40.